The van der Waals surface area contributed by atoms with E-state index in [4.69, 9.17) is 10.00 Å². The number of amides is 2. The van der Waals surface area contributed by atoms with Crippen molar-refractivity contribution in [2.45, 2.75) is 44.7 Å². The van der Waals surface area contributed by atoms with E-state index in [9.17, 15) is 9.59 Å². The number of aromatic amines is 1. The highest BCUT2D eigenvalue weighted by Crippen LogP contribution is 2.23. The van der Waals surface area contributed by atoms with Crippen molar-refractivity contribution in [2.75, 3.05) is 6.54 Å². The highest BCUT2D eigenvalue weighted by atomic mass is 16.6. The molecule has 1 aromatic heterocycles. The summed E-state index contributed by atoms with van der Waals surface area (Å²) in [6.45, 7) is 2.43. The van der Waals surface area contributed by atoms with Crippen molar-refractivity contribution in [1.82, 2.24) is 25.7 Å². The second-order valence-corrected chi connectivity index (χ2v) is 9.76. The van der Waals surface area contributed by atoms with Crippen molar-refractivity contribution in [3.63, 3.8) is 0 Å². The Morgan fingerprint density at radius 2 is 1.92 bits per heavy atom. The molecule has 4 aromatic rings. The van der Waals surface area contributed by atoms with E-state index < -0.39 is 6.09 Å². The van der Waals surface area contributed by atoms with Gasteiger partial charge in [0.25, 0.3) is 5.91 Å². The van der Waals surface area contributed by atoms with Crippen molar-refractivity contribution in [3.8, 4) is 11.8 Å². The van der Waals surface area contributed by atoms with E-state index in [1.807, 2.05) is 60.5 Å². The van der Waals surface area contributed by atoms with Gasteiger partial charge in [0.2, 0.25) is 0 Å². The maximum atomic E-state index is 12.9. The Morgan fingerprint density at radius 3 is 2.69 bits per heavy atom. The van der Waals surface area contributed by atoms with Gasteiger partial charge < -0.3 is 15.0 Å². The number of hydrogen-bond donors (Lipinski definition) is 3. The van der Waals surface area contributed by atoms with Crippen LogP contribution < -0.4 is 15.5 Å². The van der Waals surface area contributed by atoms with Gasteiger partial charge in [-0.25, -0.2) is 14.8 Å². The van der Waals surface area contributed by atoms with E-state index in [1.54, 1.807) is 24.3 Å². The molecule has 2 heterocycles. The number of aromatic nitrogens is 2. The Balaban J connectivity index is 1.24. The molecule has 0 saturated carbocycles. The second-order valence-electron chi connectivity index (χ2n) is 9.76. The van der Waals surface area contributed by atoms with Crippen molar-refractivity contribution in [1.29, 1.82) is 5.26 Å². The summed E-state index contributed by atoms with van der Waals surface area (Å²) in [5, 5.41) is 14.1. The molecule has 0 spiro atoms. The molecule has 9 nitrogen and oxygen atoms in total. The quantitative estimate of drug-likeness (QED) is 0.325. The van der Waals surface area contributed by atoms with Crippen LogP contribution in [0.4, 0.5) is 4.79 Å². The van der Waals surface area contributed by atoms with Gasteiger partial charge in [-0.2, -0.15) is 5.26 Å². The highest BCUT2D eigenvalue weighted by Gasteiger charge is 2.31. The van der Waals surface area contributed by atoms with Crippen molar-refractivity contribution >= 4 is 23.0 Å². The van der Waals surface area contributed by atoms with Crippen LogP contribution in [0.15, 0.2) is 72.8 Å². The van der Waals surface area contributed by atoms with Crippen LogP contribution in [0, 0.1) is 18.3 Å². The molecule has 2 atom stereocenters. The van der Waals surface area contributed by atoms with Crippen LogP contribution in [0.2, 0.25) is 0 Å². The number of nitriles is 1. The number of rotatable bonds is 7. The van der Waals surface area contributed by atoms with E-state index in [2.05, 4.69) is 26.8 Å². The number of hydrogen-bond acceptors (Lipinski definition) is 6. The Morgan fingerprint density at radius 1 is 1.13 bits per heavy atom. The summed E-state index contributed by atoms with van der Waals surface area (Å²) in [6, 6.07) is 24.1. The zero-order chi connectivity index (χ0) is 27.2. The van der Waals surface area contributed by atoms with Gasteiger partial charge in [-0.1, -0.05) is 30.3 Å². The molecular weight excluding hydrogens is 492 g/mol. The summed E-state index contributed by atoms with van der Waals surface area (Å²) in [5.74, 6) is 1.10. The number of piperidine rings is 1. The SMILES string of the molecule is Cc1nc2cc(OC(=O)NN3CCC(NC(=O)c4ccccc4)CC3CCc3ccc(C#N)cc3)ccc2[nH]1. The fourth-order valence-electron chi connectivity index (χ4n) is 4.96. The number of carbonyl (C=O) groups excluding carboxylic acids is 2. The molecular formula is C30H30N6O3. The Hall–Kier alpha value is -4.68. The third kappa shape index (κ3) is 6.61. The Labute approximate surface area is 226 Å². The molecule has 0 radical (unpaired) electrons. The maximum absolute atomic E-state index is 12.9. The van der Waals surface area contributed by atoms with E-state index in [0.717, 1.165) is 35.3 Å². The van der Waals surface area contributed by atoms with Gasteiger partial charge in [-0.05, 0) is 74.6 Å². The van der Waals surface area contributed by atoms with Gasteiger partial charge >= 0.3 is 6.09 Å². The number of hydrazine groups is 1. The number of fused-ring (bicyclic) bond motifs is 1. The lowest BCUT2D eigenvalue weighted by molar-refractivity contribution is 0.0603. The first kappa shape index (κ1) is 25.9. The lowest BCUT2D eigenvalue weighted by Gasteiger charge is -2.39. The zero-order valence-corrected chi connectivity index (χ0v) is 21.7. The summed E-state index contributed by atoms with van der Waals surface area (Å²) >= 11 is 0. The molecule has 1 aliphatic rings. The number of aryl methyl sites for hydroxylation is 2. The third-order valence-electron chi connectivity index (χ3n) is 6.95. The summed E-state index contributed by atoms with van der Waals surface area (Å²) in [6.07, 6.45) is 2.30. The molecule has 2 amide bonds. The molecule has 39 heavy (non-hydrogen) atoms. The highest BCUT2D eigenvalue weighted by molar-refractivity contribution is 5.94. The minimum Gasteiger partial charge on any atom is -0.409 e. The summed E-state index contributed by atoms with van der Waals surface area (Å²) in [4.78, 5) is 33.2. The van der Waals surface area contributed by atoms with E-state index in [1.165, 1.54) is 0 Å². The Kier molecular flexibility index (Phi) is 7.85. The molecule has 198 valence electrons. The number of nitrogens with one attached hydrogen (secondary N) is 3. The van der Waals surface area contributed by atoms with E-state index in [0.29, 0.717) is 36.3 Å². The number of ether oxygens (including phenoxy) is 1. The van der Waals surface area contributed by atoms with Crippen molar-refractivity contribution in [2.24, 2.45) is 0 Å². The fraction of sp³-hybridized carbons (Fsp3) is 0.267. The van der Waals surface area contributed by atoms with Crippen LogP contribution in [0.5, 0.6) is 5.75 Å². The average Bonchev–Trinajstić information content (AvgIpc) is 3.33. The van der Waals surface area contributed by atoms with E-state index >= 15 is 0 Å². The van der Waals surface area contributed by atoms with Gasteiger partial charge in [0.1, 0.15) is 11.6 Å². The smallest absolute Gasteiger partial charge is 0.409 e. The molecule has 0 aliphatic carbocycles. The summed E-state index contributed by atoms with van der Waals surface area (Å²) < 4.78 is 5.57. The largest absolute Gasteiger partial charge is 0.427 e. The monoisotopic (exact) mass is 522 g/mol. The summed E-state index contributed by atoms with van der Waals surface area (Å²) in [7, 11) is 0. The van der Waals surface area contributed by atoms with E-state index in [-0.39, 0.29) is 18.0 Å². The number of carbonyl (C=O) groups is 2. The van der Waals surface area contributed by atoms with Crippen molar-refractivity contribution < 1.29 is 14.3 Å². The lowest BCUT2D eigenvalue weighted by atomic mass is 9.93. The number of benzene rings is 3. The Bertz CT molecular complexity index is 1490. The lowest BCUT2D eigenvalue weighted by Crippen LogP contribution is -2.56. The van der Waals surface area contributed by atoms with Crippen LogP contribution in [-0.2, 0) is 6.42 Å². The van der Waals surface area contributed by atoms with Crippen LogP contribution in [0.3, 0.4) is 0 Å². The number of nitrogens with zero attached hydrogens (tertiary/aromatic N) is 3. The standard InChI is InChI=1S/C30H30N6O3/c1-20-32-27-14-13-26(18-28(27)33-20)39-30(38)35-36-16-15-24(34-29(37)23-5-3-2-4-6-23)17-25(36)12-11-21-7-9-22(19-31)10-8-21/h2-10,13-14,18,24-25H,11-12,15-17H2,1H3,(H,32,33)(H,34,37)(H,35,38). The summed E-state index contributed by atoms with van der Waals surface area (Å²) in [5.41, 5.74) is 6.88. The second kappa shape index (κ2) is 11.8. The molecule has 3 N–H and O–H groups in total. The van der Waals surface area contributed by atoms with Gasteiger partial charge in [0, 0.05) is 30.3 Å². The van der Waals surface area contributed by atoms with Crippen LogP contribution in [-0.4, -0.2) is 45.6 Å². The predicted octanol–water partition coefficient (Wildman–Crippen LogP) is 4.64. The number of H-pyrrole nitrogens is 1. The van der Waals surface area contributed by atoms with Gasteiger partial charge in [-0.15, -0.1) is 0 Å². The van der Waals surface area contributed by atoms with Crippen LogP contribution in [0.1, 0.15) is 46.6 Å². The van der Waals surface area contributed by atoms with Gasteiger partial charge in [0.15, 0.2) is 0 Å². The first-order chi connectivity index (χ1) is 19.0. The van der Waals surface area contributed by atoms with Gasteiger partial charge in [0.05, 0.1) is 22.7 Å². The first-order valence-corrected chi connectivity index (χ1v) is 13.0. The minimum atomic E-state index is -0.572. The molecule has 2 unspecified atom stereocenters. The zero-order valence-electron chi connectivity index (χ0n) is 21.7. The molecule has 3 aromatic carbocycles. The fourth-order valence-corrected chi connectivity index (χ4v) is 4.96. The molecule has 1 saturated heterocycles. The molecule has 1 fully saturated rings. The number of imidazole rings is 1. The molecule has 0 bridgehead atoms. The maximum Gasteiger partial charge on any atom is 0.427 e. The van der Waals surface area contributed by atoms with Crippen LogP contribution in [0.25, 0.3) is 11.0 Å². The average molecular weight is 523 g/mol. The molecule has 9 heteroatoms. The molecule has 5 rings (SSSR count). The topological polar surface area (TPSA) is 123 Å². The predicted molar refractivity (Wildman–Crippen MR) is 147 cm³/mol. The minimum absolute atomic E-state index is 0.0250. The normalized spacial score (nSPS) is 17.3. The third-order valence-corrected chi connectivity index (χ3v) is 6.95. The first-order valence-electron chi connectivity index (χ1n) is 13.0. The van der Waals surface area contributed by atoms with Crippen molar-refractivity contribution in [3.05, 3.63) is 95.3 Å². The van der Waals surface area contributed by atoms with Crippen LogP contribution >= 0.6 is 0 Å². The van der Waals surface area contributed by atoms with Gasteiger partial charge in [-0.3, -0.25) is 10.2 Å². The molecule has 1 aliphatic heterocycles.